The Balaban J connectivity index is 2.79. The van der Waals surface area contributed by atoms with Crippen LogP contribution in [0.5, 0.6) is 5.75 Å². The van der Waals surface area contributed by atoms with Gasteiger partial charge in [-0.05, 0) is 31.9 Å². The number of carbonyl (C=O) groups is 1. The fourth-order valence-electron chi connectivity index (χ4n) is 1.67. The molecule has 0 aliphatic carbocycles. The molecule has 0 saturated carbocycles. The summed E-state index contributed by atoms with van der Waals surface area (Å²) in [5, 5.41) is 0. The summed E-state index contributed by atoms with van der Waals surface area (Å²) in [4.78, 5) is 24.1. The number of hydrogen-bond donors (Lipinski definition) is 0. The van der Waals surface area contributed by atoms with Gasteiger partial charge in [0.25, 0.3) is 5.56 Å². The molecule has 1 atom stereocenters. The summed E-state index contributed by atoms with van der Waals surface area (Å²) in [5.41, 5.74) is -0.305. The van der Waals surface area contributed by atoms with E-state index in [2.05, 4.69) is 0 Å². The molecule has 1 aromatic heterocycles. The van der Waals surface area contributed by atoms with Crippen LogP contribution in [0.4, 0.5) is 0 Å². The number of nitrogens with zero attached hydrogens (tertiary/aromatic N) is 1. The van der Waals surface area contributed by atoms with Crippen molar-refractivity contribution in [1.82, 2.24) is 4.57 Å². The van der Waals surface area contributed by atoms with E-state index in [0.717, 1.165) is 19.3 Å². The first kappa shape index (κ1) is 16.3. The number of carbonyl (C=O) groups excluding carboxylic acids is 1. The third-order valence-corrected chi connectivity index (χ3v) is 2.90. The SMILES string of the molecule is CCCCOC(=O)C(C)n1cccc(OCCC)c1=O. The van der Waals surface area contributed by atoms with Crippen molar-refractivity contribution in [3.8, 4) is 5.75 Å². The summed E-state index contributed by atoms with van der Waals surface area (Å²) in [6, 6.07) is 2.66. The molecular weight excluding hydrogens is 258 g/mol. The van der Waals surface area contributed by atoms with Crippen LogP contribution in [0.15, 0.2) is 23.1 Å². The summed E-state index contributed by atoms with van der Waals surface area (Å²) >= 11 is 0. The van der Waals surface area contributed by atoms with Gasteiger partial charge in [0.2, 0.25) is 0 Å². The summed E-state index contributed by atoms with van der Waals surface area (Å²) < 4.78 is 11.9. The van der Waals surface area contributed by atoms with Crippen molar-refractivity contribution in [1.29, 1.82) is 0 Å². The van der Waals surface area contributed by atoms with Crippen LogP contribution in [0.1, 0.15) is 46.1 Å². The third-order valence-electron chi connectivity index (χ3n) is 2.90. The monoisotopic (exact) mass is 281 g/mol. The second-order valence-corrected chi connectivity index (χ2v) is 4.63. The lowest BCUT2D eigenvalue weighted by atomic mass is 10.3. The van der Waals surface area contributed by atoms with Gasteiger partial charge in [-0.15, -0.1) is 0 Å². The van der Waals surface area contributed by atoms with E-state index in [-0.39, 0.29) is 11.3 Å². The molecule has 0 bridgehead atoms. The Bertz CT molecular complexity index is 481. The van der Waals surface area contributed by atoms with Crippen molar-refractivity contribution in [2.24, 2.45) is 0 Å². The van der Waals surface area contributed by atoms with Gasteiger partial charge >= 0.3 is 5.97 Å². The largest absolute Gasteiger partial charge is 0.488 e. The summed E-state index contributed by atoms with van der Waals surface area (Å²) in [7, 11) is 0. The molecule has 5 nitrogen and oxygen atoms in total. The van der Waals surface area contributed by atoms with Crippen molar-refractivity contribution in [3.63, 3.8) is 0 Å². The smallest absolute Gasteiger partial charge is 0.328 e. The molecule has 0 spiro atoms. The summed E-state index contributed by atoms with van der Waals surface area (Å²) in [6.07, 6.45) is 4.19. The molecule has 0 amide bonds. The molecule has 0 N–H and O–H groups in total. The van der Waals surface area contributed by atoms with Crippen molar-refractivity contribution in [2.45, 2.75) is 46.1 Å². The predicted molar refractivity (Wildman–Crippen MR) is 77.1 cm³/mol. The minimum absolute atomic E-state index is 0.266. The van der Waals surface area contributed by atoms with Gasteiger partial charge in [0.15, 0.2) is 5.75 Å². The van der Waals surface area contributed by atoms with Crippen LogP contribution >= 0.6 is 0 Å². The maximum Gasteiger partial charge on any atom is 0.328 e. The standard InChI is InChI=1S/C15H23NO4/c1-4-6-11-20-15(18)12(3)16-9-7-8-13(14(16)17)19-10-5-2/h7-9,12H,4-6,10-11H2,1-3H3. The first-order chi connectivity index (χ1) is 9.61. The van der Waals surface area contributed by atoms with Gasteiger partial charge in [-0.3, -0.25) is 9.36 Å². The molecule has 20 heavy (non-hydrogen) atoms. The van der Waals surface area contributed by atoms with Gasteiger partial charge < -0.3 is 9.47 Å². The molecule has 0 aliphatic rings. The van der Waals surface area contributed by atoms with Crippen molar-refractivity contribution in [3.05, 3.63) is 28.7 Å². The third kappa shape index (κ3) is 4.40. The van der Waals surface area contributed by atoms with Gasteiger partial charge in [0.1, 0.15) is 6.04 Å². The first-order valence-corrected chi connectivity index (χ1v) is 7.12. The number of hydrogen-bond acceptors (Lipinski definition) is 4. The van der Waals surface area contributed by atoms with Crippen molar-refractivity contribution in [2.75, 3.05) is 13.2 Å². The van der Waals surface area contributed by atoms with E-state index in [1.54, 1.807) is 25.3 Å². The van der Waals surface area contributed by atoms with Crippen LogP contribution in [0.25, 0.3) is 0 Å². The number of esters is 1. The lowest BCUT2D eigenvalue weighted by Crippen LogP contribution is -2.29. The van der Waals surface area contributed by atoms with Crippen LogP contribution in [0.3, 0.4) is 0 Å². The van der Waals surface area contributed by atoms with Gasteiger partial charge in [-0.2, -0.15) is 0 Å². The zero-order valence-electron chi connectivity index (χ0n) is 12.4. The van der Waals surface area contributed by atoms with Gasteiger partial charge in [0, 0.05) is 6.20 Å². The van der Waals surface area contributed by atoms with E-state index in [1.165, 1.54) is 4.57 Å². The number of ether oxygens (including phenoxy) is 2. The number of rotatable bonds is 8. The Kier molecular flexibility index (Phi) is 6.84. The highest BCUT2D eigenvalue weighted by atomic mass is 16.5. The normalized spacial score (nSPS) is 11.9. The topological polar surface area (TPSA) is 57.5 Å². The minimum Gasteiger partial charge on any atom is -0.488 e. The molecular formula is C15H23NO4. The molecule has 1 rings (SSSR count). The highest BCUT2D eigenvalue weighted by Gasteiger charge is 2.18. The Morgan fingerprint density at radius 2 is 2.05 bits per heavy atom. The maximum absolute atomic E-state index is 12.2. The van der Waals surface area contributed by atoms with Crippen LogP contribution in [-0.2, 0) is 9.53 Å². The van der Waals surface area contributed by atoms with E-state index in [4.69, 9.17) is 9.47 Å². The number of pyridine rings is 1. The first-order valence-electron chi connectivity index (χ1n) is 7.12. The van der Waals surface area contributed by atoms with Crippen LogP contribution in [0, 0.1) is 0 Å². The summed E-state index contributed by atoms with van der Waals surface area (Å²) in [6.45, 7) is 6.51. The lowest BCUT2D eigenvalue weighted by Gasteiger charge is -2.15. The Hall–Kier alpha value is -1.78. The fraction of sp³-hybridized carbons (Fsp3) is 0.600. The average molecular weight is 281 g/mol. The molecule has 0 aliphatic heterocycles. The molecule has 112 valence electrons. The molecule has 5 heteroatoms. The zero-order valence-corrected chi connectivity index (χ0v) is 12.4. The quantitative estimate of drug-likeness (QED) is 0.543. The van der Waals surface area contributed by atoms with E-state index >= 15 is 0 Å². The van der Waals surface area contributed by atoms with E-state index in [1.807, 2.05) is 13.8 Å². The lowest BCUT2D eigenvalue weighted by molar-refractivity contribution is -0.147. The minimum atomic E-state index is -0.649. The second kappa shape index (κ2) is 8.40. The number of aromatic nitrogens is 1. The van der Waals surface area contributed by atoms with E-state index in [9.17, 15) is 9.59 Å². The van der Waals surface area contributed by atoms with Gasteiger partial charge in [-0.25, -0.2) is 4.79 Å². The second-order valence-electron chi connectivity index (χ2n) is 4.63. The van der Waals surface area contributed by atoms with E-state index < -0.39 is 12.0 Å². The highest BCUT2D eigenvalue weighted by molar-refractivity contribution is 5.73. The van der Waals surface area contributed by atoms with E-state index in [0.29, 0.717) is 13.2 Å². The summed E-state index contributed by atoms with van der Waals surface area (Å²) in [5.74, 6) is -0.129. The van der Waals surface area contributed by atoms with Crippen molar-refractivity contribution >= 4 is 5.97 Å². The van der Waals surface area contributed by atoms with Crippen LogP contribution in [-0.4, -0.2) is 23.8 Å². The Morgan fingerprint density at radius 1 is 1.30 bits per heavy atom. The van der Waals surface area contributed by atoms with Crippen LogP contribution < -0.4 is 10.3 Å². The van der Waals surface area contributed by atoms with Crippen LogP contribution in [0.2, 0.25) is 0 Å². The van der Waals surface area contributed by atoms with Crippen molar-refractivity contribution < 1.29 is 14.3 Å². The highest BCUT2D eigenvalue weighted by Crippen LogP contribution is 2.09. The molecule has 0 fully saturated rings. The molecule has 1 heterocycles. The fourth-order valence-corrected chi connectivity index (χ4v) is 1.67. The van der Waals surface area contributed by atoms with Gasteiger partial charge in [0.05, 0.1) is 13.2 Å². The zero-order chi connectivity index (χ0) is 15.0. The molecule has 0 saturated heterocycles. The Labute approximate surface area is 119 Å². The maximum atomic E-state index is 12.2. The molecule has 1 unspecified atom stereocenters. The predicted octanol–water partition coefficient (Wildman–Crippen LogP) is 2.54. The molecule has 0 radical (unpaired) electrons. The molecule has 1 aromatic rings. The van der Waals surface area contributed by atoms with Gasteiger partial charge in [-0.1, -0.05) is 20.3 Å². The Morgan fingerprint density at radius 3 is 2.70 bits per heavy atom. The number of unbranched alkanes of at least 4 members (excludes halogenated alkanes) is 1. The molecule has 0 aromatic carbocycles. The average Bonchev–Trinajstić information content (AvgIpc) is 2.45.